The molecular formula is C20H24O4. The Bertz CT molecular complexity index is 723. The summed E-state index contributed by atoms with van der Waals surface area (Å²) in [6.45, 7) is 8.21. The molecule has 0 heterocycles. The van der Waals surface area contributed by atoms with Crippen molar-refractivity contribution in [1.82, 2.24) is 0 Å². The maximum absolute atomic E-state index is 12.1. The molecule has 0 bridgehead atoms. The van der Waals surface area contributed by atoms with Crippen molar-refractivity contribution < 1.29 is 19.4 Å². The van der Waals surface area contributed by atoms with Crippen molar-refractivity contribution in [2.24, 2.45) is 5.41 Å². The van der Waals surface area contributed by atoms with Gasteiger partial charge in [0.25, 0.3) is 0 Å². The fraction of sp³-hybridized carbons (Fsp3) is 0.400. The maximum Gasteiger partial charge on any atom is 0.336 e. The first kappa shape index (κ1) is 18.0. The number of aromatic carboxylic acids is 1. The molecule has 0 saturated heterocycles. The van der Waals surface area contributed by atoms with Gasteiger partial charge in [-0.3, -0.25) is 0 Å². The van der Waals surface area contributed by atoms with Gasteiger partial charge in [-0.1, -0.05) is 25.5 Å². The van der Waals surface area contributed by atoms with Crippen molar-refractivity contribution in [2.45, 2.75) is 47.0 Å². The molecule has 0 amide bonds. The van der Waals surface area contributed by atoms with E-state index in [0.717, 1.165) is 12.8 Å². The molecular weight excluding hydrogens is 304 g/mol. The van der Waals surface area contributed by atoms with E-state index >= 15 is 0 Å². The zero-order valence-corrected chi connectivity index (χ0v) is 14.7. The van der Waals surface area contributed by atoms with Gasteiger partial charge in [-0.05, 0) is 67.9 Å². The fourth-order valence-electron chi connectivity index (χ4n) is 3.20. The van der Waals surface area contributed by atoms with Crippen LogP contribution in [0, 0.1) is 12.3 Å². The van der Waals surface area contributed by atoms with Gasteiger partial charge in [0.1, 0.15) is 5.75 Å². The molecule has 0 radical (unpaired) electrons. The Hall–Kier alpha value is -2.36. The van der Waals surface area contributed by atoms with Gasteiger partial charge in [-0.15, -0.1) is 0 Å². The van der Waals surface area contributed by atoms with E-state index in [-0.39, 0.29) is 11.0 Å². The zero-order chi connectivity index (χ0) is 17.9. The smallest absolute Gasteiger partial charge is 0.336 e. The number of carbonyl (C=O) groups excluding carboxylic acids is 1. The topological polar surface area (TPSA) is 63.6 Å². The van der Waals surface area contributed by atoms with Gasteiger partial charge in [0, 0.05) is 6.08 Å². The van der Waals surface area contributed by atoms with Gasteiger partial charge in [-0.25, -0.2) is 9.59 Å². The van der Waals surface area contributed by atoms with Crippen LogP contribution in [0.5, 0.6) is 5.75 Å². The number of hydrogen-bond donors (Lipinski definition) is 1. The number of carboxylic acid groups (broad SMARTS) is 1. The molecule has 0 saturated carbocycles. The van der Waals surface area contributed by atoms with Crippen LogP contribution in [0.2, 0.25) is 0 Å². The minimum atomic E-state index is -1.00. The summed E-state index contributed by atoms with van der Waals surface area (Å²) in [6.07, 6.45) is 6.66. The molecule has 0 unspecified atom stereocenters. The molecule has 24 heavy (non-hydrogen) atoms. The number of carboxylic acids is 1. The first-order valence-electron chi connectivity index (χ1n) is 8.15. The lowest BCUT2D eigenvalue weighted by atomic mass is 9.73. The van der Waals surface area contributed by atoms with Gasteiger partial charge in [-0.2, -0.15) is 0 Å². The van der Waals surface area contributed by atoms with E-state index in [0.29, 0.717) is 11.3 Å². The summed E-state index contributed by atoms with van der Waals surface area (Å²) in [6, 6.07) is 4.43. The molecule has 0 atom stereocenters. The van der Waals surface area contributed by atoms with Crippen LogP contribution >= 0.6 is 0 Å². The standard InChI is InChI=1S/C20H24O4/c1-13-6-5-11-20(3,4)16(13)8-10-18(21)24-17-9-7-15(19(22)23)12-14(17)2/h7-10,12H,5-6,11H2,1-4H3,(H,22,23). The molecule has 1 N–H and O–H groups in total. The van der Waals surface area contributed by atoms with Crippen LogP contribution in [0.15, 0.2) is 41.5 Å². The molecule has 1 aromatic rings. The van der Waals surface area contributed by atoms with E-state index in [2.05, 4.69) is 20.8 Å². The number of rotatable bonds is 4. The monoisotopic (exact) mass is 328 g/mol. The van der Waals surface area contributed by atoms with E-state index in [1.807, 2.05) is 6.08 Å². The van der Waals surface area contributed by atoms with Crippen molar-refractivity contribution in [3.63, 3.8) is 0 Å². The van der Waals surface area contributed by atoms with Crippen molar-refractivity contribution >= 4 is 11.9 Å². The van der Waals surface area contributed by atoms with Crippen molar-refractivity contribution in [1.29, 1.82) is 0 Å². The summed E-state index contributed by atoms with van der Waals surface area (Å²) in [5.41, 5.74) is 3.37. The molecule has 0 fully saturated rings. The Morgan fingerprint density at radius 2 is 1.96 bits per heavy atom. The third-order valence-corrected chi connectivity index (χ3v) is 4.56. The molecule has 0 aromatic heterocycles. The molecule has 128 valence electrons. The number of ether oxygens (including phenoxy) is 1. The molecule has 0 aliphatic heterocycles. The second-order valence-electron chi connectivity index (χ2n) is 6.97. The molecule has 1 aliphatic rings. The van der Waals surface area contributed by atoms with Gasteiger partial charge in [0.2, 0.25) is 0 Å². The third kappa shape index (κ3) is 4.13. The van der Waals surface area contributed by atoms with E-state index in [4.69, 9.17) is 9.84 Å². The normalized spacial score (nSPS) is 17.2. The van der Waals surface area contributed by atoms with Gasteiger partial charge in [0.15, 0.2) is 0 Å². The highest BCUT2D eigenvalue weighted by Crippen LogP contribution is 2.40. The predicted molar refractivity (Wildman–Crippen MR) is 93.2 cm³/mol. The SMILES string of the molecule is CC1=C(C=CC(=O)Oc2ccc(C(=O)O)cc2C)C(C)(C)CCC1. The van der Waals surface area contributed by atoms with E-state index < -0.39 is 11.9 Å². The molecule has 0 spiro atoms. The molecule has 4 nitrogen and oxygen atoms in total. The Morgan fingerprint density at radius 1 is 1.25 bits per heavy atom. The lowest BCUT2D eigenvalue weighted by Crippen LogP contribution is -2.19. The van der Waals surface area contributed by atoms with Gasteiger partial charge < -0.3 is 9.84 Å². The summed E-state index contributed by atoms with van der Waals surface area (Å²) >= 11 is 0. The van der Waals surface area contributed by atoms with Crippen LogP contribution in [-0.2, 0) is 4.79 Å². The van der Waals surface area contributed by atoms with Gasteiger partial charge >= 0.3 is 11.9 Å². The second-order valence-corrected chi connectivity index (χ2v) is 6.97. The van der Waals surface area contributed by atoms with Crippen molar-refractivity contribution in [3.05, 3.63) is 52.6 Å². The zero-order valence-electron chi connectivity index (χ0n) is 14.7. The van der Waals surface area contributed by atoms with Crippen LogP contribution in [0.4, 0.5) is 0 Å². The average molecular weight is 328 g/mol. The number of aryl methyl sites for hydroxylation is 1. The lowest BCUT2D eigenvalue weighted by Gasteiger charge is -2.32. The molecule has 1 aliphatic carbocycles. The number of carbonyl (C=O) groups is 2. The van der Waals surface area contributed by atoms with Crippen molar-refractivity contribution in [3.8, 4) is 5.75 Å². The number of esters is 1. The Kier molecular flexibility index (Phi) is 5.27. The highest BCUT2D eigenvalue weighted by Gasteiger charge is 2.26. The highest BCUT2D eigenvalue weighted by atomic mass is 16.5. The number of hydrogen-bond acceptors (Lipinski definition) is 3. The molecule has 4 heteroatoms. The number of benzene rings is 1. The van der Waals surface area contributed by atoms with Crippen LogP contribution in [-0.4, -0.2) is 17.0 Å². The van der Waals surface area contributed by atoms with E-state index in [1.54, 1.807) is 6.92 Å². The van der Waals surface area contributed by atoms with Crippen LogP contribution in [0.3, 0.4) is 0 Å². The summed E-state index contributed by atoms with van der Waals surface area (Å²) in [5, 5.41) is 8.96. The minimum Gasteiger partial charge on any atom is -0.478 e. The lowest BCUT2D eigenvalue weighted by molar-refractivity contribution is -0.129. The quantitative estimate of drug-likeness (QED) is 0.495. The van der Waals surface area contributed by atoms with Crippen LogP contribution < -0.4 is 4.74 Å². The average Bonchev–Trinajstić information content (AvgIpc) is 2.48. The van der Waals surface area contributed by atoms with Crippen molar-refractivity contribution in [2.75, 3.05) is 0 Å². The maximum atomic E-state index is 12.1. The Labute approximate surface area is 142 Å². The molecule has 1 aromatic carbocycles. The first-order chi connectivity index (χ1) is 11.2. The largest absolute Gasteiger partial charge is 0.478 e. The number of allylic oxidation sites excluding steroid dienone is 3. The molecule has 2 rings (SSSR count). The Balaban J connectivity index is 2.12. The summed E-state index contributed by atoms with van der Waals surface area (Å²) in [5.74, 6) is -1.08. The summed E-state index contributed by atoms with van der Waals surface area (Å²) < 4.78 is 5.33. The summed E-state index contributed by atoms with van der Waals surface area (Å²) in [4.78, 5) is 23.0. The summed E-state index contributed by atoms with van der Waals surface area (Å²) in [7, 11) is 0. The third-order valence-electron chi connectivity index (χ3n) is 4.56. The van der Waals surface area contributed by atoms with Gasteiger partial charge in [0.05, 0.1) is 5.56 Å². The Morgan fingerprint density at radius 3 is 2.54 bits per heavy atom. The first-order valence-corrected chi connectivity index (χ1v) is 8.15. The van der Waals surface area contributed by atoms with Crippen LogP contribution in [0.25, 0.3) is 0 Å². The highest BCUT2D eigenvalue weighted by molar-refractivity contribution is 5.89. The minimum absolute atomic E-state index is 0.0676. The second kappa shape index (κ2) is 7.04. The fourth-order valence-corrected chi connectivity index (χ4v) is 3.20. The van der Waals surface area contributed by atoms with Crippen LogP contribution in [0.1, 0.15) is 56.0 Å². The van der Waals surface area contributed by atoms with E-state index in [9.17, 15) is 9.59 Å². The van der Waals surface area contributed by atoms with E-state index in [1.165, 1.54) is 41.8 Å². The predicted octanol–water partition coefficient (Wildman–Crippen LogP) is 4.68.